The molecular formula is C15H15BrO2. The minimum absolute atomic E-state index is 0.253. The summed E-state index contributed by atoms with van der Waals surface area (Å²) in [4.78, 5) is 0. The molecule has 0 spiro atoms. The van der Waals surface area contributed by atoms with E-state index in [1.54, 1.807) is 0 Å². The molecule has 2 aromatic carbocycles. The molecule has 1 aliphatic rings. The van der Waals surface area contributed by atoms with E-state index in [0.29, 0.717) is 6.61 Å². The van der Waals surface area contributed by atoms with Gasteiger partial charge in [0.1, 0.15) is 12.4 Å². The summed E-state index contributed by atoms with van der Waals surface area (Å²) in [6.07, 6.45) is 2.50. The lowest BCUT2D eigenvalue weighted by Crippen LogP contribution is -2.16. The molecule has 1 saturated heterocycles. The van der Waals surface area contributed by atoms with Crippen molar-refractivity contribution in [2.24, 2.45) is 0 Å². The highest BCUT2D eigenvalue weighted by Crippen LogP contribution is 2.33. The maximum atomic E-state index is 5.86. The highest BCUT2D eigenvalue weighted by Gasteiger charge is 2.16. The van der Waals surface area contributed by atoms with Crippen molar-refractivity contribution in [2.75, 3.05) is 13.2 Å². The summed E-state index contributed by atoms with van der Waals surface area (Å²) in [5.74, 6) is 0.893. The zero-order valence-corrected chi connectivity index (χ0v) is 11.7. The predicted octanol–water partition coefficient (Wildman–Crippen LogP) is 4.16. The molecule has 0 unspecified atom stereocenters. The molecule has 1 aliphatic heterocycles. The molecule has 1 fully saturated rings. The summed E-state index contributed by atoms with van der Waals surface area (Å²) in [6.45, 7) is 1.50. The van der Waals surface area contributed by atoms with E-state index < -0.39 is 0 Å². The molecule has 3 heteroatoms. The summed E-state index contributed by atoms with van der Waals surface area (Å²) in [6, 6.07) is 12.4. The van der Waals surface area contributed by atoms with Crippen molar-refractivity contribution in [3.8, 4) is 5.75 Å². The third kappa shape index (κ3) is 2.38. The first-order valence-corrected chi connectivity index (χ1v) is 7.05. The van der Waals surface area contributed by atoms with Crippen molar-refractivity contribution in [1.29, 1.82) is 0 Å². The Bertz CT molecular complexity index is 547. The lowest BCUT2D eigenvalue weighted by molar-refractivity contribution is 0.0677. The molecule has 0 aliphatic carbocycles. The van der Waals surface area contributed by atoms with Gasteiger partial charge in [0.2, 0.25) is 0 Å². The molecule has 2 nitrogen and oxygen atoms in total. The average Bonchev–Trinajstić information content (AvgIpc) is 2.91. The van der Waals surface area contributed by atoms with Gasteiger partial charge in [-0.15, -0.1) is 0 Å². The lowest BCUT2D eigenvalue weighted by atomic mass is 10.1. The Balaban J connectivity index is 1.81. The molecule has 0 radical (unpaired) electrons. The second-order valence-corrected chi connectivity index (χ2v) is 5.34. The van der Waals surface area contributed by atoms with Gasteiger partial charge in [-0.2, -0.15) is 0 Å². The van der Waals surface area contributed by atoms with Gasteiger partial charge in [-0.25, -0.2) is 0 Å². The zero-order valence-electron chi connectivity index (χ0n) is 10.1. The molecular weight excluding hydrogens is 292 g/mol. The molecule has 0 amide bonds. The van der Waals surface area contributed by atoms with E-state index in [4.69, 9.17) is 9.47 Å². The largest absolute Gasteiger partial charge is 0.490 e. The van der Waals surface area contributed by atoms with Gasteiger partial charge < -0.3 is 9.47 Å². The monoisotopic (exact) mass is 306 g/mol. The Morgan fingerprint density at radius 3 is 2.94 bits per heavy atom. The van der Waals surface area contributed by atoms with Gasteiger partial charge >= 0.3 is 0 Å². The number of rotatable bonds is 3. The summed E-state index contributed by atoms with van der Waals surface area (Å²) in [5.41, 5.74) is 0. The minimum atomic E-state index is 0.253. The first kappa shape index (κ1) is 12.0. The Hall–Kier alpha value is -1.06. The molecule has 0 aromatic heterocycles. The molecule has 1 heterocycles. The van der Waals surface area contributed by atoms with E-state index in [1.165, 1.54) is 10.8 Å². The van der Waals surface area contributed by atoms with Gasteiger partial charge in [0.05, 0.1) is 10.6 Å². The number of ether oxygens (including phenoxy) is 2. The Labute approximate surface area is 115 Å². The summed E-state index contributed by atoms with van der Waals surface area (Å²) in [5, 5.41) is 2.40. The van der Waals surface area contributed by atoms with Crippen LogP contribution in [-0.2, 0) is 4.74 Å². The van der Waals surface area contributed by atoms with Gasteiger partial charge in [-0.3, -0.25) is 0 Å². The van der Waals surface area contributed by atoms with Gasteiger partial charge in [0.25, 0.3) is 0 Å². The fourth-order valence-electron chi connectivity index (χ4n) is 2.28. The first-order chi connectivity index (χ1) is 8.84. The third-order valence-electron chi connectivity index (χ3n) is 3.28. The summed E-state index contributed by atoms with van der Waals surface area (Å²) in [7, 11) is 0. The first-order valence-electron chi connectivity index (χ1n) is 6.26. The number of benzene rings is 2. The van der Waals surface area contributed by atoms with Crippen molar-refractivity contribution < 1.29 is 9.47 Å². The van der Waals surface area contributed by atoms with Crippen LogP contribution in [0.15, 0.2) is 40.9 Å². The smallest absolute Gasteiger partial charge is 0.134 e. The molecule has 3 rings (SSSR count). The highest BCUT2D eigenvalue weighted by atomic mass is 79.9. The van der Waals surface area contributed by atoms with Crippen LogP contribution in [0.1, 0.15) is 12.8 Å². The maximum Gasteiger partial charge on any atom is 0.134 e. The second-order valence-electron chi connectivity index (χ2n) is 4.54. The Morgan fingerprint density at radius 2 is 2.11 bits per heavy atom. The van der Waals surface area contributed by atoms with Crippen molar-refractivity contribution in [1.82, 2.24) is 0 Å². The van der Waals surface area contributed by atoms with E-state index >= 15 is 0 Å². The predicted molar refractivity (Wildman–Crippen MR) is 76.1 cm³/mol. The van der Waals surface area contributed by atoms with E-state index in [1.807, 2.05) is 18.2 Å². The number of halogens is 1. The maximum absolute atomic E-state index is 5.86. The molecule has 18 heavy (non-hydrogen) atoms. The molecule has 2 aromatic rings. The van der Waals surface area contributed by atoms with Crippen LogP contribution >= 0.6 is 15.9 Å². The van der Waals surface area contributed by atoms with E-state index in [-0.39, 0.29) is 6.10 Å². The van der Waals surface area contributed by atoms with Crippen LogP contribution in [0.5, 0.6) is 5.75 Å². The third-order valence-corrected chi connectivity index (χ3v) is 4.09. The summed E-state index contributed by atoms with van der Waals surface area (Å²) >= 11 is 3.63. The van der Waals surface area contributed by atoms with Crippen LogP contribution in [0.25, 0.3) is 10.8 Å². The fraction of sp³-hybridized carbons (Fsp3) is 0.333. The van der Waals surface area contributed by atoms with Crippen LogP contribution in [0.2, 0.25) is 0 Å². The standard InChI is InChI=1S/C15H15BrO2/c16-15-13-6-2-1-4-11(13)7-8-14(15)18-10-12-5-3-9-17-12/h1-2,4,6-8,12H,3,5,9-10H2/t12-/m0/s1. The lowest BCUT2D eigenvalue weighted by Gasteiger charge is -2.13. The summed E-state index contributed by atoms with van der Waals surface area (Å²) < 4.78 is 12.4. The molecule has 0 saturated carbocycles. The van der Waals surface area contributed by atoms with E-state index in [2.05, 4.69) is 34.1 Å². The number of hydrogen-bond donors (Lipinski definition) is 0. The van der Waals surface area contributed by atoms with E-state index in [9.17, 15) is 0 Å². The topological polar surface area (TPSA) is 18.5 Å². The molecule has 0 N–H and O–H groups in total. The van der Waals surface area contributed by atoms with Crippen LogP contribution < -0.4 is 4.74 Å². The fourth-order valence-corrected chi connectivity index (χ4v) is 2.89. The number of fused-ring (bicyclic) bond motifs is 1. The van der Waals surface area contributed by atoms with Crippen LogP contribution in [0.3, 0.4) is 0 Å². The van der Waals surface area contributed by atoms with Gasteiger partial charge in [0.15, 0.2) is 0 Å². The quantitative estimate of drug-likeness (QED) is 0.847. The van der Waals surface area contributed by atoms with Crippen molar-refractivity contribution in [3.63, 3.8) is 0 Å². The molecule has 0 bridgehead atoms. The van der Waals surface area contributed by atoms with Crippen molar-refractivity contribution in [3.05, 3.63) is 40.9 Å². The van der Waals surface area contributed by atoms with Crippen LogP contribution in [0, 0.1) is 0 Å². The van der Waals surface area contributed by atoms with Gasteiger partial charge in [0, 0.05) is 6.61 Å². The SMILES string of the molecule is Brc1c(OC[C@@H]2CCCO2)ccc2ccccc12. The van der Waals surface area contributed by atoms with Crippen molar-refractivity contribution in [2.45, 2.75) is 18.9 Å². The van der Waals surface area contributed by atoms with Gasteiger partial charge in [-0.05, 0) is 45.6 Å². The van der Waals surface area contributed by atoms with Crippen LogP contribution in [0.4, 0.5) is 0 Å². The van der Waals surface area contributed by atoms with E-state index in [0.717, 1.165) is 29.7 Å². The molecule has 94 valence electrons. The average molecular weight is 307 g/mol. The Kier molecular flexibility index (Phi) is 3.52. The highest BCUT2D eigenvalue weighted by molar-refractivity contribution is 9.10. The Morgan fingerprint density at radius 1 is 1.22 bits per heavy atom. The molecule has 1 atom stereocenters. The van der Waals surface area contributed by atoms with Crippen molar-refractivity contribution >= 4 is 26.7 Å². The number of hydrogen-bond acceptors (Lipinski definition) is 2. The van der Waals surface area contributed by atoms with Crippen LogP contribution in [-0.4, -0.2) is 19.3 Å². The van der Waals surface area contributed by atoms with Gasteiger partial charge in [-0.1, -0.05) is 30.3 Å². The normalized spacial score (nSPS) is 19.3. The minimum Gasteiger partial charge on any atom is -0.490 e. The zero-order chi connectivity index (χ0) is 12.4. The second kappa shape index (κ2) is 5.29.